The zero-order valence-electron chi connectivity index (χ0n) is 32.5. The van der Waals surface area contributed by atoms with Crippen LogP contribution in [0.2, 0.25) is 36.3 Å². The second-order valence-corrected chi connectivity index (χ2v) is 25.6. The summed E-state index contributed by atoms with van der Waals surface area (Å²) in [6.07, 6.45) is 6.85. The highest BCUT2D eigenvalue weighted by molar-refractivity contribution is 6.74. The van der Waals surface area contributed by atoms with Gasteiger partial charge in [-0.3, -0.25) is 0 Å². The van der Waals surface area contributed by atoms with Gasteiger partial charge in [0.05, 0.1) is 25.2 Å². The largest absolute Gasteiger partial charge is 0.489 e. The molecule has 7 heteroatoms. The molecule has 0 N–H and O–H groups in total. The molecule has 0 unspecified atom stereocenters. The van der Waals surface area contributed by atoms with Crippen LogP contribution in [0.15, 0.2) is 66.7 Å². The molecule has 0 bridgehead atoms. The first-order valence-corrected chi connectivity index (χ1v) is 24.9. The molecule has 3 atom stereocenters. The molecular weight excluding hydrogens is 653 g/mol. The molecule has 5 nitrogen and oxygen atoms in total. The van der Waals surface area contributed by atoms with Gasteiger partial charge in [-0.15, -0.1) is 0 Å². The topological polar surface area (TPSA) is 46.2 Å². The van der Waals surface area contributed by atoms with Crippen molar-refractivity contribution in [3.05, 3.63) is 94.5 Å². The van der Waals surface area contributed by atoms with Crippen LogP contribution in [0.4, 0.5) is 0 Å². The molecule has 0 aliphatic carbocycles. The van der Waals surface area contributed by atoms with Crippen molar-refractivity contribution in [3.8, 4) is 11.5 Å². The molecule has 0 fully saturated rings. The lowest BCUT2D eigenvalue weighted by Gasteiger charge is -2.49. The fourth-order valence-corrected chi connectivity index (χ4v) is 11.3. The summed E-state index contributed by atoms with van der Waals surface area (Å²) in [5.41, 5.74) is 5.68. The van der Waals surface area contributed by atoms with Gasteiger partial charge in [0.2, 0.25) is 5.79 Å². The number of fused-ring (bicyclic) bond motifs is 3. The number of benzene rings is 3. The van der Waals surface area contributed by atoms with E-state index in [2.05, 4.69) is 122 Å². The molecule has 0 saturated heterocycles. The van der Waals surface area contributed by atoms with Gasteiger partial charge in [0.15, 0.2) is 16.6 Å². The maximum Gasteiger partial charge on any atom is 0.243 e. The monoisotopic (exact) mass is 716 g/mol. The Kier molecular flexibility index (Phi) is 12.8. The average Bonchev–Trinajstić information content (AvgIpc) is 3.48. The molecule has 0 amide bonds. The van der Waals surface area contributed by atoms with Crippen LogP contribution in [0, 0.1) is 5.92 Å². The predicted octanol–water partition coefficient (Wildman–Crippen LogP) is 12.6. The third kappa shape index (κ3) is 8.12. The van der Waals surface area contributed by atoms with Gasteiger partial charge in [-0.2, -0.15) is 0 Å². The summed E-state index contributed by atoms with van der Waals surface area (Å²) < 4.78 is 35.5. The van der Waals surface area contributed by atoms with Crippen molar-refractivity contribution in [2.75, 3.05) is 0 Å². The van der Waals surface area contributed by atoms with Crippen molar-refractivity contribution < 1.29 is 23.1 Å². The van der Waals surface area contributed by atoms with E-state index in [1.165, 1.54) is 36.8 Å². The second-order valence-electron chi connectivity index (χ2n) is 16.1. The summed E-state index contributed by atoms with van der Waals surface area (Å²) in [6, 6.07) is 26.5. The van der Waals surface area contributed by atoms with E-state index in [-0.39, 0.29) is 17.1 Å². The van der Waals surface area contributed by atoms with Crippen LogP contribution in [-0.4, -0.2) is 16.6 Å². The Bertz CT molecular complexity index is 1520. The maximum absolute atomic E-state index is 7.72. The second kappa shape index (κ2) is 16.5. The Balaban J connectivity index is 1.62. The smallest absolute Gasteiger partial charge is 0.243 e. The minimum absolute atomic E-state index is 0.0206. The van der Waals surface area contributed by atoms with Crippen molar-refractivity contribution in [3.63, 3.8) is 0 Å². The molecule has 0 radical (unpaired) electrons. The summed E-state index contributed by atoms with van der Waals surface area (Å²) in [4.78, 5) is 0. The third-order valence-corrected chi connectivity index (χ3v) is 21.2. The zero-order chi connectivity index (χ0) is 36.0. The minimum atomic E-state index is -2.08. The normalized spacial score (nSPS) is 20.4. The van der Waals surface area contributed by atoms with E-state index in [1.54, 1.807) is 0 Å². The number of hydrogen-bond acceptors (Lipinski definition) is 5. The Morgan fingerprint density at radius 1 is 0.800 bits per heavy atom. The van der Waals surface area contributed by atoms with Crippen molar-refractivity contribution in [2.45, 2.75) is 155 Å². The standard InChI is InChI=1S/C43H64O5Si2/c1-10-14-15-16-20-26-37-41(48-50(11-2,12-3)13-4)40-34(31-46-49(8,9)42(5,6)7)25-21-29-39(40)47-43(37)36-27-22-28-38(35(36)32-45-43)44-30-33-23-18-17-19-24-33/h17-19,21-25,27-29,37,41H,10-16,20,26,30-32H2,1-9H3/t37-,41+,43+/m1/s1. The van der Waals surface area contributed by atoms with E-state index in [4.69, 9.17) is 23.1 Å². The predicted molar refractivity (Wildman–Crippen MR) is 211 cm³/mol. The highest BCUT2D eigenvalue weighted by Crippen LogP contribution is 2.58. The van der Waals surface area contributed by atoms with Crippen LogP contribution in [0.5, 0.6) is 11.5 Å². The summed E-state index contributed by atoms with van der Waals surface area (Å²) in [5.74, 6) is 0.752. The van der Waals surface area contributed by atoms with Gasteiger partial charge in [0.25, 0.3) is 0 Å². The summed E-state index contributed by atoms with van der Waals surface area (Å²) >= 11 is 0. The summed E-state index contributed by atoms with van der Waals surface area (Å²) in [5, 5.41) is 0.121. The highest BCUT2D eigenvalue weighted by atomic mass is 28.4. The van der Waals surface area contributed by atoms with E-state index in [1.807, 2.05) is 6.07 Å². The molecule has 274 valence electrons. The minimum Gasteiger partial charge on any atom is -0.489 e. The molecule has 3 aromatic rings. The van der Waals surface area contributed by atoms with E-state index < -0.39 is 22.4 Å². The van der Waals surface area contributed by atoms with Gasteiger partial charge in [0.1, 0.15) is 18.1 Å². The van der Waals surface area contributed by atoms with Crippen LogP contribution in [0.3, 0.4) is 0 Å². The molecule has 1 spiro atoms. The van der Waals surface area contributed by atoms with Gasteiger partial charge < -0.3 is 23.1 Å². The van der Waals surface area contributed by atoms with E-state index in [9.17, 15) is 0 Å². The fourth-order valence-electron chi connectivity index (χ4n) is 7.52. The lowest BCUT2D eigenvalue weighted by atomic mass is 9.77. The fraction of sp³-hybridized carbons (Fsp3) is 0.581. The lowest BCUT2D eigenvalue weighted by Crippen LogP contribution is -2.51. The first-order valence-electron chi connectivity index (χ1n) is 19.5. The van der Waals surface area contributed by atoms with Gasteiger partial charge >= 0.3 is 0 Å². The molecule has 0 aromatic heterocycles. The average molecular weight is 717 g/mol. The van der Waals surface area contributed by atoms with Crippen molar-refractivity contribution in [1.29, 1.82) is 0 Å². The molecule has 2 aliphatic rings. The van der Waals surface area contributed by atoms with Gasteiger partial charge in [0, 0.05) is 16.7 Å². The summed E-state index contributed by atoms with van der Waals surface area (Å²) in [7, 11) is -4.08. The number of hydrogen-bond donors (Lipinski definition) is 0. The maximum atomic E-state index is 7.72. The lowest BCUT2D eigenvalue weighted by molar-refractivity contribution is -0.249. The quantitative estimate of drug-likeness (QED) is 0.103. The molecule has 2 aliphatic heterocycles. The SMILES string of the molecule is CCCCCCC[C@@H]1[C@H](O[Si](CC)(CC)CC)c2c(CO[Si](C)(C)C(C)(C)C)cccc2O[C@]12OCc1c(OCc3ccccc3)cccc12. The van der Waals surface area contributed by atoms with Crippen molar-refractivity contribution in [2.24, 2.45) is 5.92 Å². The number of ether oxygens (including phenoxy) is 3. The van der Waals surface area contributed by atoms with Crippen LogP contribution in [-0.2, 0) is 39.2 Å². The molecule has 5 rings (SSSR count). The molecule has 3 aromatic carbocycles. The number of unbranched alkanes of at least 4 members (excludes halogenated alkanes) is 4. The molecular formula is C43H64O5Si2. The van der Waals surface area contributed by atoms with E-state index >= 15 is 0 Å². The zero-order valence-corrected chi connectivity index (χ0v) is 34.5. The van der Waals surface area contributed by atoms with E-state index in [0.29, 0.717) is 19.8 Å². The van der Waals surface area contributed by atoms with Gasteiger partial charge in [-0.25, -0.2) is 0 Å². The van der Waals surface area contributed by atoms with Gasteiger partial charge in [-0.1, -0.05) is 135 Å². The third-order valence-electron chi connectivity index (χ3n) is 12.1. The Morgan fingerprint density at radius 2 is 1.50 bits per heavy atom. The first-order chi connectivity index (χ1) is 23.9. The number of rotatable bonds is 17. The van der Waals surface area contributed by atoms with Crippen LogP contribution < -0.4 is 9.47 Å². The van der Waals surface area contributed by atoms with E-state index in [0.717, 1.165) is 59.2 Å². The first kappa shape index (κ1) is 38.8. The van der Waals surface area contributed by atoms with Crippen LogP contribution in [0.25, 0.3) is 0 Å². The molecule has 0 saturated carbocycles. The molecule has 2 heterocycles. The molecule has 50 heavy (non-hydrogen) atoms. The van der Waals surface area contributed by atoms with Crippen LogP contribution >= 0.6 is 0 Å². The summed E-state index contributed by atoms with van der Waals surface area (Å²) in [6.45, 7) is 22.4. The van der Waals surface area contributed by atoms with Crippen molar-refractivity contribution in [1.82, 2.24) is 0 Å². The van der Waals surface area contributed by atoms with Crippen molar-refractivity contribution >= 4 is 16.6 Å². The van der Waals surface area contributed by atoms with Gasteiger partial charge in [-0.05, 0) is 65.9 Å². The highest BCUT2D eigenvalue weighted by Gasteiger charge is 2.58. The Morgan fingerprint density at radius 3 is 2.18 bits per heavy atom. The Hall–Kier alpha value is -2.43. The van der Waals surface area contributed by atoms with Crippen LogP contribution in [0.1, 0.15) is 121 Å². The Labute approximate surface area is 305 Å².